The zero-order chi connectivity index (χ0) is 12.1. The molecule has 16 heavy (non-hydrogen) atoms. The number of ether oxygens (including phenoxy) is 2. The SMILES string of the molecule is COC(=O)c1cc(NC(C)=O)cnc1OC. The van der Waals surface area contributed by atoms with Crippen LogP contribution in [0.15, 0.2) is 12.3 Å². The number of esters is 1. The van der Waals surface area contributed by atoms with E-state index in [0.717, 1.165) is 0 Å². The molecule has 0 aliphatic carbocycles. The molecule has 0 aromatic carbocycles. The highest BCUT2D eigenvalue weighted by Gasteiger charge is 2.15. The molecule has 1 heterocycles. The monoisotopic (exact) mass is 224 g/mol. The zero-order valence-corrected chi connectivity index (χ0v) is 9.23. The molecule has 0 saturated carbocycles. The Morgan fingerprint density at radius 2 is 2.06 bits per heavy atom. The molecule has 0 bridgehead atoms. The summed E-state index contributed by atoms with van der Waals surface area (Å²) in [5.74, 6) is -0.666. The van der Waals surface area contributed by atoms with Crippen molar-refractivity contribution in [2.75, 3.05) is 19.5 Å². The molecule has 0 fully saturated rings. The molecule has 1 aromatic rings. The van der Waals surface area contributed by atoms with Crippen molar-refractivity contribution < 1.29 is 19.1 Å². The molecule has 0 atom stereocenters. The number of methoxy groups -OCH3 is 2. The lowest BCUT2D eigenvalue weighted by atomic mass is 10.2. The third-order valence-electron chi connectivity index (χ3n) is 1.77. The van der Waals surface area contributed by atoms with Crippen molar-refractivity contribution in [1.82, 2.24) is 4.98 Å². The van der Waals surface area contributed by atoms with Gasteiger partial charge in [-0.25, -0.2) is 9.78 Å². The van der Waals surface area contributed by atoms with Crippen molar-refractivity contribution in [2.45, 2.75) is 6.92 Å². The highest BCUT2D eigenvalue weighted by atomic mass is 16.5. The lowest BCUT2D eigenvalue weighted by molar-refractivity contribution is -0.114. The van der Waals surface area contributed by atoms with E-state index in [-0.39, 0.29) is 17.4 Å². The Kier molecular flexibility index (Phi) is 3.82. The molecule has 6 heteroatoms. The van der Waals surface area contributed by atoms with Crippen LogP contribution in [0.25, 0.3) is 0 Å². The smallest absolute Gasteiger partial charge is 0.343 e. The highest BCUT2D eigenvalue weighted by Crippen LogP contribution is 2.19. The van der Waals surface area contributed by atoms with E-state index >= 15 is 0 Å². The zero-order valence-electron chi connectivity index (χ0n) is 9.23. The van der Waals surface area contributed by atoms with Gasteiger partial charge in [0.2, 0.25) is 11.8 Å². The minimum atomic E-state index is -0.573. The first-order valence-electron chi connectivity index (χ1n) is 4.48. The number of amides is 1. The molecule has 0 radical (unpaired) electrons. The maximum Gasteiger partial charge on any atom is 0.343 e. The first-order chi connectivity index (χ1) is 7.58. The lowest BCUT2D eigenvalue weighted by Gasteiger charge is -2.08. The second-order valence-electron chi connectivity index (χ2n) is 2.95. The average molecular weight is 224 g/mol. The van der Waals surface area contributed by atoms with Crippen molar-refractivity contribution >= 4 is 17.6 Å². The van der Waals surface area contributed by atoms with Gasteiger partial charge in [0, 0.05) is 6.92 Å². The summed E-state index contributed by atoms with van der Waals surface area (Å²) in [6.45, 7) is 1.36. The molecule has 1 N–H and O–H groups in total. The van der Waals surface area contributed by atoms with E-state index in [1.54, 1.807) is 0 Å². The number of anilines is 1. The van der Waals surface area contributed by atoms with Crippen LogP contribution in [0.4, 0.5) is 5.69 Å². The highest BCUT2D eigenvalue weighted by molar-refractivity contribution is 5.95. The van der Waals surface area contributed by atoms with Crippen LogP contribution in [0, 0.1) is 0 Å². The van der Waals surface area contributed by atoms with Crippen molar-refractivity contribution in [3.8, 4) is 5.88 Å². The Labute approximate surface area is 92.6 Å². The maximum absolute atomic E-state index is 11.4. The third kappa shape index (κ3) is 2.69. The fraction of sp³-hybridized carbons (Fsp3) is 0.300. The van der Waals surface area contributed by atoms with Crippen LogP contribution in [0.2, 0.25) is 0 Å². The van der Waals surface area contributed by atoms with Crippen molar-refractivity contribution in [3.63, 3.8) is 0 Å². The lowest BCUT2D eigenvalue weighted by Crippen LogP contribution is -2.10. The number of hydrogen-bond acceptors (Lipinski definition) is 5. The largest absolute Gasteiger partial charge is 0.480 e. The van der Waals surface area contributed by atoms with Crippen LogP contribution in [0.1, 0.15) is 17.3 Å². The summed E-state index contributed by atoms with van der Waals surface area (Å²) in [5, 5.41) is 2.51. The fourth-order valence-corrected chi connectivity index (χ4v) is 1.14. The Morgan fingerprint density at radius 3 is 2.56 bits per heavy atom. The fourth-order valence-electron chi connectivity index (χ4n) is 1.14. The molecular formula is C10H12N2O4. The van der Waals surface area contributed by atoms with E-state index in [1.807, 2.05) is 0 Å². The number of carbonyl (C=O) groups excluding carboxylic acids is 2. The standard InChI is InChI=1S/C10H12N2O4/c1-6(13)12-7-4-8(10(14)16-3)9(15-2)11-5-7/h4-5H,1-3H3,(H,12,13). The molecular weight excluding hydrogens is 212 g/mol. The first kappa shape index (κ1) is 12.0. The molecule has 0 unspecified atom stereocenters. The van der Waals surface area contributed by atoms with Gasteiger partial charge in [-0.15, -0.1) is 0 Å². The number of rotatable bonds is 3. The third-order valence-corrected chi connectivity index (χ3v) is 1.77. The molecule has 1 aromatic heterocycles. The van der Waals surface area contributed by atoms with Gasteiger partial charge in [0.25, 0.3) is 0 Å². The van der Waals surface area contributed by atoms with Crippen LogP contribution in [0.5, 0.6) is 5.88 Å². The van der Waals surface area contributed by atoms with E-state index in [9.17, 15) is 9.59 Å². The summed E-state index contributed by atoms with van der Waals surface area (Å²) < 4.78 is 9.47. The summed E-state index contributed by atoms with van der Waals surface area (Å²) in [6.07, 6.45) is 1.40. The van der Waals surface area contributed by atoms with E-state index in [2.05, 4.69) is 15.0 Å². The molecule has 6 nitrogen and oxygen atoms in total. The molecule has 1 amide bonds. The van der Waals surface area contributed by atoms with Crippen molar-refractivity contribution in [3.05, 3.63) is 17.8 Å². The minimum Gasteiger partial charge on any atom is -0.480 e. The van der Waals surface area contributed by atoms with Crippen LogP contribution >= 0.6 is 0 Å². The van der Waals surface area contributed by atoms with Gasteiger partial charge in [0.1, 0.15) is 5.56 Å². The van der Waals surface area contributed by atoms with Gasteiger partial charge in [-0.05, 0) is 6.07 Å². The van der Waals surface area contributed by atoms with Crippen LogP contribution in [0.3, 0.4) is 0 Å². The minimum absolute atomic E-state index is 0.154. The summed E-state index contributed by atoms with van der Waals surface area (Å²) in [4.78, 5) is 26.1. The van der Waals surface area contributed by atoms with Crippen molar-refractivity contribution in [1.29, 1.82) is 0 Å². The summed E-state index contributed by atoms with van der Waals surface area (Å²) in [5.41, 5.74) is 0.574. The molecule has 1 rings (SSSR count). The Balaban J connectivity index is 3.10. The molecule has 0 spiro atoms. The summed E-state index contributed by atoms with van der Waals surface area (Å²) in [6, 6.07) is 1.44. The summed E-state index contributed by atoms with van der Waals surface area (Å²) >= 11 is 0. The molecule has 0 aliphatic rings. The predicted molar refractivity (Wildman–Crippen MR) is 56.4 cm³/mol. The number of aromatic nitrogens is 1. The number of carbonyl (C=O) groups is 2. The Morgan fingerprint density at radius 1 is 1.38 bits per heavy atom. The number of nitrogens with one attached hydrogen (secondary N) is 1. The van der Waals surface area contributed by atoms with E-state index in [0.29, 0.717) is 5.69 Å². The number of nitrogens with zero attached hydrogens (tertiary/aromatic N) is 1. The second-order valence-corrected chi connectivity index (χ2v) is 2.95. The van der Waals surface area contributed by atoms with Gasteiger partial charge in [0.05, 0.1) is 26.1 Å². The van der Waals surface area contributed by atoms with Crippen LogP contribution in [-0.4, -0.2) is 31.1 Å². The summed E-state index contributed by atoms with van der Waals surface area (Å²) in [7, 11) is 2.65. The maximum atomic E-state index is 11.4. The van der Waals surface area contributed by atoms with Gasteiger partial charge in [-0.2, -0.15) is 0 Å². The molecule has 86 valence electrons. The van der Waals surface area contributed by atoms with Gasteiger partial charge in [-0.3, -0.25) is 4.79 Å². The first-order valence-corrected chi connectivity index (χ1v) is 4.48. The predicted octanol–water partition coefficient (Wildman–Crippen LogP) is 0.835. The van der Waals surface area contributed by atoms with Crippen LogP contribution < -0.4 is 10.1 Å². The van der Waals surface area contributed by atoms with Crippen molar-refractivity contribution in [2.24, 2.45) is 0 Å². The van der Waals surface area contributed by atoms with Gasteiger partial charge in [0.15, 0.2) is 0 Å². The number of hydrogen-bond donors (Lipinski definition) is 1. The quantitative estimate of drug-likeness (QED) is 0.769. The van der Waals surface area contributed by atoms with Gasteiger partial charge >= 0.3 is 5.97 Å². The Bertz CT molecular complexity index is 417. The topological polar surface area (TPSA) is 77.5 Å². The normalized spacial score (nSPS) is 9.44. The Hall–Kier alpha value is -2.11. The van der Waals surface area contributed by atoms with E-state index in [1.165, 1.54) is 33.4 Å². The van der Waals surface area contributed by atoms with Crippen LogP contribution in [-0.2, 0) is 9.53 Å². The molecule has 0 aliphatic heterocycles. The van der Waals surface area contributed by atoms with Gasteiger partial charge < -0.3 is 14.8 Å². The molecule has 0 saturated heterocycles. The van der Waals surface area contributed by atoms with Gasteiger partial charge in [-0.1, -0.05) is 0 Å². The number of pyridine rings is 1. The second kappa shape index (κ2) is 5.11. The van der Waals surface area contributed by atoms with E-state index in [4.69, 9.17) is 4.74 Å². The van der Waals surface area contributed by atoms with E-state index < -0.39 is 5.97 Å². The average Bonchev–Trinajstić information content (AvgIpc) is 2.27.